The molecular formula is C31H44N2. The zero-order valence-corrected chi connectivity index (χ0v) is 21.2. The van der Waals surface area contributed by atoms with Crippen molar-refractivity contribution in [2.24, 2.45) is 0 Å². The average Bonchev–Trinajstić information content (AvgIpc) is 3.32. The van der Waals surface area contributed by atoms with E-state index in [0.29, 0.717) is 5.92 Å². The topological polar surface area (TPSA) is 17.8 Å². The number of hydrogen-bond donors (Lipinski definition) is 0. The van der Waals surface area contributed by atoms with E-state index >= 15 is 0 Å². The quantitative estimate of drug-likeness (QED) is 0.214. The van der Waals surface area contributed by atoms with Gasteiger partial charge in [-0.15, -0.1) is 0 Å². The van der Waals surface area contributed by atoms with Crippen LogP contribution in [0, 0.1) is 0 Å². The summed E-state index contributed by atoms with van der Waals surface area (Å²) in [4.78, 5) is 4.87. The van der Waals surface area contributed by atoms with E-state index < -0.39 is 0 Å². The maximum absolute atomic E-state index is 4.87. The van der Waals surface area contributed by atoms with Crippen LogP contribution in [0.15, 0.2) is 73.1 Å². The number of aromatic nitrogens is 2. The van der Waals surface area contributed by atoms with Crippen molar-refractivity contribution in [1.29, 1.82) is 0 Å². The predicted octanol–water partition coefficient (Wildman–Crippen LogP) is 8.72. The monoisotopic (exact) mass is 444 g/mol. The standard InChI is InChI=1S/C31H44N2/c1-4-5-6-7-8-9-10-11-18-24-33-25-23-32-30(33)27(2)31(3,29-21-16-13-17-22-29)26-28-19-14-12-15-20-28/h12-17,19-23,25,27H,4-11,18,24,26H2,1-3H3. The molecule has 0 aliphatic rings. The Morgan fingerprint density at radius 3 is 2.00 bits per heavy atom. The van der Waals surface area contributed by atoms with E-state index in [-0.39, 0.29) is 5.41 Å². The highest BCUT2D eigenvalue weighted by Crippen LogP contribution is 2.41. The largest absolute Gasteiger partial charge is 0.335 e. The number of nitrogens with zero attached hydrogens (tertiary/aromatic N) is 2. The zero-order valence-electron chi connectivity index (χ0n) is 21.2. The molecule has 1 aromatic heterocycles. The second kappa shape index (κ2) is 13.4. The summed E-state index contributed by atoms with van der Waals surface area (Å²) >= 11 is 0. The Morgan fingerprint density at radius 2 is 1.36 bits per heavy atom. The lowest BCUT2D eigenvalue weighted by atomic mass is 9.68. The molecule has 2 unspecified atom stereocenters. The molecule has 0 fully saturated rings. The van der Waals surface area contributed by atoms with Crippen molar-refractivity contribution in [1.82, 2.24) is 9.55 Å². The molecule has 0 N–H and O–H groups in total. The summed E-state index contributed by atoms with van der Waals surface area (Å²) in [6, 6.07) is 21.9. The van der Waals surface area contributed by atoms with Crippen molar-refractivity contribution in [2.45, 2.75) is 103 Å². The Bertz CT molecular complexity index is 899. The van der Waals surface area contributed by atoms with E-state index in [9.17, 15) is 0 Å². The van der Waals surface area contributed by atoms with Gasteiger partial charge in [-0.3, -0.25) is 0 Å². The lowest BCUT2D eigenvalue weighted by Crippen LogP contribution is -2.33. The molecule has 0 aliphatic carbocycles. The van der Waals surface area contributed by atoms with Crippen molar-refractivity contribution in [2.75, 3.05) is 0 Å². The highest BCUT2D eigenvalue weighted by Gasteiger charge is 2.36. The minimum atomic E-state index is -0.0236. The lowest BCUT2D eigenvalue weighted by Gasteiger charge is -2.36. The first kappa shape index (κ1) is 25.3. The Hall–Kier alpha value is -2.35. The summed E-state index contributed by atoms with van der Waals surface area (Å²) in [7, 11) is 0. The smallest absolute Gasteiger partial charge is 0.112 e. The number of benzene rings is 2. The zero-order chi connectivity index (χ0) is 23.4. The van der Waals surface area contributed by atoms with E-state index in [2.05, 4.69) is 92.2 Å². The fraction of sp³-hybridized carbons (Fsp3) is 0.516. The highest BCUT2D eigenvalue weighted by molar-refractivity contribution is 5.32. The molecule has 2 heteroatoms. The van der Waals surface area contributed by atoms with Gasteiger partial charge in [0.2, 0.25) is 0 Å². The van der Waals surface area contributed by atoms with Crippen LogP contribution in [0.2, 0.25) is 0 Å². The molecule has 0 radical (unpaired) electrons. The van der Waals surface area contributed by atoms with Gasteiger partial charge < -0.3 is 4.57 Å². The molecule has 0 amide bonds. The van der Waals surface area contributed by atoms with Gasteiger partial charge in [-0.1, -0.05) is 133 Å². The normalized spacial score (nSPS) is 14.2. The maximum Gasteiger partial charge on any atom is 0.112 e. The van der Waals surface area contributed by atoms with Crippen LogP contribution in [-0.2, 0) is 18.4 Å². The Morgan fingerprint density at radius 1 is 0.788 bits per heavy atom. The first-order chi connectivity index (χ1) is 16.1. The highest BCUT2D eigenvalue weighted by atomic mass is 15.1. The third kappa shape index (κ3) is 7.32. The molecule has 0 saturated heterocycles. The summed E-state index contributed by atoms with van der Waals surface area (Å²) in [5.74, 6) is 1.53. The van der Waals surface area contributed by atoms with Crippen molar-refractivity contribution >= 4 is 0 Å². The Kier molecular flexibility index (Phi) is 10.2. The van der Waals surface area contributed by atoms with Gasteiger partial charge in [0.25, 0.3) is 0 Å². The molecule has 0 bridgehead atoms. The molecular weight excluding hydrogens is 400 g/mol. The van der Waals surface area contributed by atoms with E-state index in [1.165, 1.54) is 74.7 Å². The number of rotatable bonds is 15. The van der Waals surface area contributed by atoms with Crippen LogP contribution < -0.4 is 0 Å². The molecule has 0 spiro atoms. The van der Waals surface area contributed by atoms with Gasteiger partial charge in [-0.25, -0.2) is 4.98 Å². The van der Waals surface area contributed by atoms with Gasteiger partial charge in [0.15, 0.2) is 0 Å². The Balaban J connectivity index is 1.63. The van der Waals surface area contributed by atoms with Crippen LogP contribution in [0.3, 0.4) is 0 Å². The van der Waals surface area contributed by atoms with Crippen LogP contribution in [0.4, 0.5) is 0 Å². The third-order valence-electron chi connectivity index (χ3n) is 7.44. The minimum absolute atomic E-state index is 0.0236. The van der Waals surface area contributed by atoms with Gasteiger partial charge in [0.1, 0.15) is 5.82 Å². The van der Waals surface area contributed by atoms with E-state index in [1.54, 1.807) is 0 Å². The summed E-state index contributed by atoms with van der Waals surface area (Å²) in [6.45, 7) is 8.14. The third-order valence-corrected chi connectivity index (χ3v) is 7.44. The fourth-order valence-electron chi connectivity index (χ4n) is 5.11. The molecule has 0 aliphatic heterocycles. The molecule has 178 valence electrons. The Labute approximate surface area is 202 Å². The van der Waals surface area contributed by atoms with Gasteiger partial charge in [0.05, 0.1) is 0 Å². The van der Waals surface area contributed by atoms with Crippen molar-refractivity contribution in [3.05, 3.63) is 90.0 Å². The van der Waals surface area contributed by atoms with Gasteiger partial charge in [-0.05, 0) is 24.0 Å². The molecule has 33 heavy (non-hydrogen) atoms. The van der Waals surface area contributed by atoms with Crippen LogP contribution >= 0.6 is 0 Å². The average molecular weight is 445 g/mol. The summed E-state index contributed by atoms with van der Waals surface area (Å²) in [6.07, 6.45) is 17.5. The molecule has 1 heterocycles. The number of unbranched alkanes of at least 4 members (excludes halogenated alkanes) is 8. The molecule has 2 atom stereocenters. The summed E-state index contributed by atoms with van der Waals surface area (Å²) in [5.41, 5.74) is 2.75. The van der Waals surface area contributed by atoms with Crippen molar-refractivity contribution < 1.29 is 0 Å². The predicted molar refractivity (Wildman–Crippen MR) is 142 cm³/mol. The van der Waals surface area contributed by atoms with Crippen LogP contribution in [0.25, 0.3) is 0 Å². The molecule has 3 rings (SSSR count). The first-order valence-corrected chi connectivity index (χ1v) is 13.3. The SMILES string of the molecule is CCCCCCCCCCCn1ccnc1C(C)C(C)(Cc1ccccc1)c1ccccc1. The van der Waals surface area contributed by atoms with Gasteiger partial charge in [0, 0.05) is 30.3 Å². The van der Waals surface area contributed by atoms with E-state index in [4.69, 9.17) is 4.98 Å². The number of aryl methyl sites for hydroxylation is 1. The van der Waals surface area contributed by atoms with E-state index in [0.717, 1.165) is 13.0 Å². The second-order valence-electron chi connectivity index (χ2n) is 9.97. The minimum Gasteiger partial charge on any atom is -0.335 e. The van der Waals surface area contributed by atoms with Crippen molar-refractivity contribution in [3.63, 3.8) is 0 Å². The molecule has 0 saturated carbocycles. The fourth-order valence-corrected chi connectivity index (χ4v) is 5.11. The van der Waals surface area contributed by atoms with Crippen LogP contribution in [0.5, 0.6) is 0 Å². The van der Waals surface area contributed by atoms with Crippen molar-refractivity contribution in [3.8, 4) is 0 Å². The summed E-state index contributed by atoms with van der Waals surface area (Å²) < 4.78 is 2.41. The lowest BCUT2D eigenvalue weighted by molar-refractivity contribution is 0.366. The number of hydrogen-bond acceptors (Lipinski definition) is 1. The molecule has 3 aromatic rings. The van der Waals surface area contributed by atoms with Gasteiger partial charge in [-0.2, -0.15) is 0 Å². The van der Waals surface area contributed by atoms with Gasteiger partial charge >= 0.3 is 0 Å². The maximum atomic E-state index is 4.87. The van der Waals surface area contributed by atoms with E-state index in [1.807, 2.05) is 6.20 Å². The molecule has 2 aromatic carbocycles. The molecule has 2 nitrogen and oxygen atoms in total. The summed E-state index contributed by atoms with van der Waals surface area (Å²) in [5, 5.41) is 0. The number of imidazole rings is 1. The van der Waals surface area contributed by atoms with Crippen LogP contribution in [0.1, 0.15) is 101 Å². The van der Waals surface area contributed by atoms with Crippen LogP contribution in [-0.4, -0.2) is 9.55 Å². The second-order valence-corrected chi connectivity index (χ2v) is 9.97. The first-order valence-electron chi connectivity index (χ1n) is 13.3.